The third-order valence-corrected chi connectivity index (χ3v) is 6.14. The van der Waals surface area contributed by atoms with Crippen LogP contribution in [0.1, 0.15) is 40.3 Å². The summed E-state index contributed by atoms with van der Waals surface area (Å²) in [5.41, 5.74) is 1.19. The number of imide groups is 1. The first-order valence-corrected chi connectivity index (χ1v) is 11.4. The maximum absolute atomic E-state index is 13.0. The Hall–Kier alpha value is -4.47. The van der Waals surface area contributed by atoms with Crippen LogP contribution in [-0.2, 0) is 21.4 Å². The van der Waals surface area contributed by atoms with Crippen molar-refractivity contribution in [2.24, 2.45) is 13.0 Å². The lowest BCUT2D eigenvalue weighted by atomic mass is 10.0. The van der Waals surface area contributed by atoms with E-state index in [0.717, 1.165) is 4.90 Å². The van der Waals surface area contributed by atoms with Crippen LogP contribution in [-0.4, -0.2) is 50.6 Å². The van der Waals surface area contributed by atoms with Gasteiger partial charge in [0.05, 0.1) is 22.5 Å². The molecule has 1 aliphatic rings. The van der Waals surface area contributed by atoms with Crippen LogP contribution in [0.3, 0.4) is 0 Å². The number of aromatic nitrogens is 2. The van der Waals surface area contributed by atoms with Gasteiger partial charge in [-0.15, -0.1) is 0 Å². The Balaban J connectivity index is 1.48. The molecular formula is C26H26N4O6. The average Bonchev–Trinajstić information content (AvgIpc) is 3.23. The van der Waals surface area contributed by atoms with E-state index in [1.807, 2.05) is 6.07 Å². The zero-order chi connectivity index (χ0) is 26.1. The number of nitrogens with one attached hydrogen (secondary N) is 1. The fourth-order valence-corrected chi connectivity index (χ4v) is 4.25. The molecule has 2 aromatic carbocycles. The van der Waals surface area contributed by atoms with Crippen molar-refractivity contribution in [1.29, 1.82) is 0 Å². The van der Waals surface area contributed by atoms with E-state index in [1.165, 1.54) is 16.8 Å². The molecule has 36 heavy (non-hydrogen) atoms. The summed E-state index contributed by atoms with van der Waals surface area (Å²) in [7, 11) is 1.69. The number of anilines is 1. The number of hydrogen-bond donors (Lipinski definition) is 1. The fraction of sp³-hybridized carbons (Fsp3) is 0.269. The maximum atomic E-state index is 13.0. The third kappa shape index (κ3) is 4.21. The molecule has 0 spiro atoms. The van der Waals surface area contributed by atoms with Crippen LogP contribution in [0, 0.1) is 12.8 Å². The highest BCUT2D eigenvalue weighted by Crippen LogP contribution is 2.27. The summed E-state index contributed by atoms with van der Waals surface area (Å²) < 4.78 is 8.21. The van der Waals surface area contributed by atoms with E-state index in [2.05, 4.69) is 5.32 Å². The number of nitrogens with zero attached hydrogens (tertiary/aromatic N) is 3. The van der Waals surface area contributed by atoms with Gasteiger partial charge in [0.2, 0.25) is 0 Å². The van der Waals surface area contributed by atoms with E-state index < -0.39 is 47.8 Å². The highest BCUT2D eigenvalue weighted by atomic mass is 16.5. The Morgan fingerprint density at radius 2 is 1.47 bits per heavy atom. The average molecular weight is 491 g/mol. The third-order valence-electron chi connectivity index (χ3n) is 6.14. The van der Waals surface area contributed by atoms with Crippen LogP contribution in [0.5, 0.6) is 0 Å². The van der Waals surface area contributed by atoms with E-state index in [4.69, 9.17) is 4.74 Å². The van der Waals surface area contributed by atoms with Crippen LogP contribution in [0.15, 0.2) is 59.4 Å². The standard InChI is InChI=1S/C26H26N4O6/c1-15(2)22(29-23(32)18-12-8-9-13-19(18)24(29)33)26(35)36-14-20(31)27-21-16(3)28(4)30(25(21)34)17-10-6-5-7-11-17/h5-13,15,22H,14H2,1-4H3,(H,27,31). The summed E-state index contributed by atoms with van der Waals surface area (Å²) in [6, 6.07) is 14.1. The lowest BCUT2D eigenvalue weighted by Crippen LogP contribution is -2.49. The van der Waals surface area contributed by atoms with E-state index in [-0.39, 0.29) is 16.8 Å². The van der Waals surface area contributed by atoms with Crippen molar-refractivity contribution in [3.05, 3.63) is 81.8 Å². The van der Waals surface area contributed by atoms with Crippen molar-refractivity contribution >= 4 is 29.4 Å². The van der Waals surface area contributed by atoms with Crippen molar-refractivity contribution in [2.45, 2.75) is 26.8 Å². The minimum absolute atomic E-state index is 0.0585. The second-order valence-electron chi connectivity index (χ2n) is 8.81. The molecule has 10 nitrogen and oxygen atoms in total. The number of benzene rings is 2. The number of amides is 3. The van der Waals surface area contributed by atoms with E-state index >= 15 is 0 Å². The van der Waals surface area contributed by atoms with Gasteiger partial charge in [-0.3, -0.25) is 28.8 Å². The summed E-state index contributed by atoms with van der Waals surface area (Å²) in [6.45, 7) is 4.34. The van der Waals surface area contributed by atoms with E-state index in [0.29, 0.717) is 11.4 Å². The lowest BCUT2D eigenvalue weighted by molar-refractivity contribution is -0.152. The summed E-state index contributed by atoms with van der Waals surface area (Å²) >= 11 is 0. The van der Waals surface area contributed by atoms with Gasteiger partial charge in [-0.1, -0.05) is 44.2 Å². The van der Waals surface area contributed by atoms with Gasteiger partial charge < -0.3 is 10.1 Å². The van der Waals surface area contributed by atoms with Gasteiger partial charge in [0, 0.05) is 7.05 Å². The SMILES string of the molecule is Cc1c(NC(=O)COC(=O)C(C(C)C)N2C(=O)c3ccccc3C2=O)c(=O)n(-c2ccccc2)n1C. The smallest absolute Gasteiger partial charge is 0.330 e. The summed E-state index contributed by atoms with van der Waals surface area (Å²) in [6.07, 6.45) is 0. The molecule has 3 aromatic rings. The first-order chi connectivity index (χ1) is 17.1. The van der Waals surface area contributed by atoms with Gasteiger partial charge in [0.25, 0.3) is 23.3 Å². The molecule has 1 N–H and O–H groups in total. The number of esters is 1. The minimum atomic E-state index is -1.21. The molecule has 186 valence electrons. The predicted molar refractivity (Wildman–Crippen MR) is 131 cm³/mol. The number of ether oxygens (including phenoxy) is 1. The lowest BCUT2D eigenvalue weighted by Gasteiger charge is -2.27. The minimum Gasteiger partial charge on any atom is -0.454 e. The number of fused-ring (bicyclic) bond motifs is 1. The number of hydrogen-bond acceptors (Lipinski definition) is 6. The molecule has 1 aliphatic heterocycles. The van der Waals surface area contributed by atoms with Gasteiger partial charge in [-0.05, 0) is 37.1 Å². The Morgan fingerprint density at radius 1 is 0.917 bits per heavy atom. The van der Waals surface area contributed by atoms with Crippen LogP contribution < -0.4 is 10.9 Å². The highest BCUT2D eigenvalue weighted by Gasteiger charge is 2.44. The van der Waals surface area contributed by atoms with Crippen LogP contribution >= 0.6 is 0 Å². The Bertz CT molecular complexity index is 1380. The molecule has 0 saturated heterocycles. The topological polar surface area (TPSA) is 120 Å². The highest BCUT2D eigenvalue weighted by molar-refractivity contribution is 6.22. The second kappa shape index (κ2) is 9.65. The quantitative estimate of drug-likeness (QED) is 0.401. The Morgan fingerprint density at radius 3 is 2.03 bits per heavy atom. The zero-order valence-electron chi connectivity index (χ0n) is 20.3. The van der Waals surface area contributed by atoms with Crippen LogP contribution in [0.2, 0.25) is 0 Å². The van der Waals surface area contributed by atoms with Crippen molar-refractivity contribution in [3.63, 3.8) is 0 Å². The van der Waals surface area contributed by atoms with Gasteiger partial charge in [-0.2, -0.15) is 0 Å². The molecule has 1 aromatic heterocycles. The van der Waals surface area contributed by atoms with E-state index in [1.54, 1.807) is 68.9 Å². The van der Waals surface area contributed by atoms with Crippen molar-refractivity contribution in [1.82, 2.24) is 14.3 Å². The van der Waals surface area contributed by atoms with Crippen molar-refractivity contribution < 1.29 is 23.9 Å². The second-order valence-corrected chi connectivity index (χ2v) is 8.81. The molecule has 0 fully saturated rings. The first-order valence-electron chi connectivity index (χ1n) is 11.4. The zero-order valence-corrected chi connectivity index (χ0v) is 20.3. The van der Waals surface area contributed by atoms with Gasteiger partial charge in [-0.25, -0.2) is 9.48 Å². The van der Waals surface area contributed by atoms with Gasteiger partial charge >= 0.3 is 5.97 Å². The summed E-state index contributed by atoms with van der Waals surface area (Å²) in [5.74, 6) is -3.24. The molecule has 3 amide bonds. The summed E-state index contributed by atoms with van der Waals surface area (Å²) in [4.78, 5) is 65.1. The first kappa shape index (κ1) is 24.6. The molecule has 10 heteroatoms. The molecule has 1 atom stereocenters. The van der Waals surface area contributed by atoms with Crippen LogP contribution in [0.4, 0.5) is 5.69 Å². The Labute approximate surface area is 207 Å². The monoisotopic (exact) mass is 490 g/mol. The van der Waals surface area contributed by atoms with Crippen molar-refractivity contribution in [3.8, 4) is 5.69 Å². The van der Waals surface area contributed by atoms with Crippen molar-refractivity contribution in [2.75, 3.05) is 11.9 Å². The molecule has 0 aliphatic carbocycles. The van der Waals surface area contributed by atoms with Gasteiger partial charge in [0.1, 0.15) is 11.7 Å². The molecule has 2 heterocycles. The normalized spacial score (nSPS) is 13.6. The molecular weight excluding hydrogens is 464 g/mol. The fourth-order valence-electron chi connectivity index (χ4n) is 4.25. The largest absolute Gasteiger partial charge is 0.454 e. The summed E-state index contributed by atoms with van der Waals surface area (Å²) in [5, 5.41) is 2.52. The van der Waals surface area contributed by atoms with Crippen LogP contribution in [0.25, 0.3) is 5.69 Å². The number of para-hydroxylation sites is 1. The molecule has 1 unspecified atom stereocenters. The number of rotatable bonds is 7. The number of carbonyl (C=O) groups excluding carboxylic acids is 4. The molecule has 4 rings (SSSR count). The Kier molecular flexibility index (Phi) is 6.61. The van der Waals surface area contributed by atoms with E-state index in [9.17, 15) is 24.0 Å². The number of carbonyl (C=O) groups is 4. The predicted octanol–water partition coefficient (Wildman–Crippen LogP) is 2.29. The maximum Gasteiger partial charge on any atom is 0.330 e. The van der Waals surface area contributed by atoms with Gasteiger partial charge in [0.15, 0.2) is 6.61 Å². The molecule has 0 saturated carbocycles. The molecule has 0 bridgehead atoms. The molecule has 0 radical (unpaired) electrons.